The second kappa shape index (κ2) is 5.88. The molecular formula is C15H16FNO3. The smallest absolute Gasteiger partial charge is 0.339 e. The number of carboxylic acid groups (broad SMARTS) is 1. The van der Waals surface area contributed by atoms with Gasteiger partial charge in [0.2, 0.25) is 0 Å². The van der Waals surface area contributed by atoms with Crippen LogP contribution in [0.5, 0.6) is 0 Å². The molecule has 0 saturated heterocycles. The first-order chi connectivity index (χ1) is 9.47. The van der Waals surface area contributed by atoms with Gasteiger partial charge in [-0.05, 0) is 37.6 Å². The van der Waals surface area contributed by atoms with Crippen LogP contribution in [0.15, 0.2) is 34.7 Å². The van der Waals surface area contributed by atoms with Crippen LogP contribution in [-0.4, -0.2) is 11.1 Å². The molecule has 1 aromatic carbocycles. The molecule has 0 fully saturated rings. The molecule has 0 aliphatic rings. The molecule has 1 heterocycles. The van der Waals surface area contributed by atoms with Gasteiger partial charge < -0.3 is 14.8 Å². The Balaban J connectivity index is 1.99. The predicted octanol–water partition coefficient (Wildman–Crippen LogP) is 3.28. The molecule has 106 valence electrons. The van der Waals surface area contributed by atoms with Crippen LogP contribution < -0.4 is 5.32 Å². The molecular weight excluding hydrogens is 261 g/mol. The van der Waals surface area contributed by atoms with E-state index in [-0.39, 0.29) is 17.4 Å². The molecule has 0 radical (unpaired) electrons. The minimum absolute atomic E-state index is 0.00860. The van der Waals surface area contributed by atoms with E-state index < -0.39 is 5.97 Å². The normalized spacial score (nSPS) is 12.3. The summed E-state index contributed by atoms with van der Waals surface area (Å²) in [5.41, 5.74) is 1.13. The Hall–Kier alpha value is -2.14. The van der Waals surface area contributed by atoms with Crippen molar-refractivity contribution in [3.63, 3.8) is 0 Å². The van der Waals surface area contributed by atoms with Gasteiger partial charge in [0.25, 0.3) is 0 Å². The third-order valence-corrected chi connectivity index (χ3v) is 3.15. The molecule has 0 unspecified atom stereocenters. The second-order valence-corrected chi connectivity index (χ2v) is 4.64. The first-order valence-corrected chi connectivity index (χ1v) is 6.29. The highest BCUT2D eigenvalue weighted by atomic mass is 19.1. The number of benzene rings is 1. The average Bonchev–Trinajstić information content (AvgIpc) is 2.78. The van der Waals surface area contributed by atoms with Crippen LogP contribution in [0.4, 0.5) is 4.39 Å². The molecule has 0 spiro atoms. The van der Waals surface area contributed by atoms with E-state index in [2.05, 4.69) is 5.32 Å². The number of hydrogen-bond acceptors (Lipinski definition) is 3. The Morgan fingerprint density at radius 2 is 2.05 bits per heavy atom. The monoisotopic (exact) mass is 277 g/mol. The predicted molar refractivity (Wildman–Crippen MR) is 72.1 cm³/mol. The summed E-state index contributed by atoms with van der Waals surface area (Å²) in [7, 11) is 0. The number of aryl methyl sites for hydroxylation is 1. The number of nitrogens with one attached hydrogen (secondary N) is 1. The molecule has 2 aromatic rings. The minimum atomic E-state index is -0.996. The SMILES string of the molecule is Cc1oc(CN[C@H](C)c2ccc(F)cc2)cc1C(=O)O. The van der Waals surface area contributed by atoms with Crippen molar-refractivity contribution in [2.24, 2.45) is 0 Å². The van der Waals surface area contributed by atoms with Gasteiger partial charge in [0, 0.05) is 6.04 Å². The molecule has 4 nitrogen and oxygen atoms in total. The van der Waals surface area contributed by atoms with Gasteiger partial charge in [0.15, 0.2) is 0 Å². The summed E-state index contributed by atoms with van der Waals surface area (Å²) in [6, 6.07) is 7.77. The van der Waals surface area contributed by atoms with Crippen molar-refractivity contribution >= 4 is 5.97 Å². The number of hydrogen-bond donors (Lipinski definition) is 2. The summed E-state index contributed by atoms with van der Waals surface area (Å²) in [4.78, 5) is 10.9. The number of furan rings is 1. The summed E-state index contributed by atoms with van der Waals surface area (Å²) >= 11 is 0. The lowest BCUT2D eigenvalue weighted by Crippen LogP contribution is -2.17. The largest absolute Gasteiger partial charge is 0.478 e. The molecule has 0 aliphatic heterocycles. The van der Waals surface area contributed by atoms with E-state index in [4.69, 9.17) is 9.52 Å². The number of carbonyl (C=O) groups is 1. The molecule has 5 heteroatoms. The molecule has 1 atom stereocenters. The third-order valence-electron chi connectivity index (χ3n) is 3.15. The first-order valence-electron chi connectivity index (χ1n) is 6.29. The fourth-order valence-electron chi connectivity index (χ4n) is 1.97. The van der Waals surface area contributed by atoms with Crippen LogP contribution in [-0.2, 0) is 6.54 Å². The Labute approximate surface area is 116 Å². The lowest BCUT2D eigenvalue weighted by atomic mass is 10.1. The molecule has 20 heavy (non-hydrogen) atoms. The van der Waals surface area contributed by atoms with Crippen molar-refractivity contribution in [2.75, 3.05) is 0 Å². The summed E-state index contributed by atoms with van der Waals surface area (Å²) in [6.45, 7) is 3.98. The number of halogens is 1. The van der Waals surface area contributed by atoms with Gasteiger partial charge in [-0.2, -0.15) is 0 Å². The quantitative estimate of drug-likeness (QED) is 0.880. The Kier molecular flexibility index (Phi) is 4.20. The number of carboxylic acids is 1. The van der Waals surface area contributed by atoms with Gasteiger partial charge in [-0.15, -0.1) is 0 Å². The van der Waals surface area contributed by atoms with Gasteiger partial charge in [0.1, 0.15) is 22.9 Å². The summed E-state index contributed by atoms with van der Waals surface area (Å²) in [5, 5.41) is 12.1. The van der Waals surface area contributed by atoms with E-state index in [1.54, 1.807) is 19.1 Å². The van der Waals surface area contributed by atoms with E-state index in [1.165, 1.54) is 18.2 Å². The van der Waals surface area contributed by atoms with E-state index in [0.29, 0.717) is 18.1 Å². The fourth-order valence-corrected chi connectivity index (χ4v) is 1.97. The van der Waals surface area contributed by atoms with E-state index in [1.807, 2.05) is 6.92 Å². The Bertz CT molecular complexity index is 604. The molecule has 0 bridgehead atoms. The van der Waals surface area contributed by atoms with Crippen LogP contribution in [0.1, 0.15) is 40.4 Å². The van der Waals surface area contributed by atoms with Crippen molar-refractivity contribution in [2.45, 2.75) is 26.4 Å². The van der Waals surface area contributed by atoms with Crippen LogP contribution in [0.3, 0.4) is 0 Å². The van der Waals surface area contributed by atoms with Gasteiger partial charge in [-0.1, -0.05) is 12.1 Å². The van der Waals surface area contributed by atoms with Crippen LogP contribution in [0.2, 0.25) is 0 Å². The fraction of sp³-hybridized carbons (Fsp3) is 0.267. The van der Waals surface area contributed by atoms with Crippen molar-refractivity contribution in [3.8, 4) is 0 Å². The van der Waals surface area contributed by atoms with Crippen molar-refractivity contribution in [1.82, 2.24) is 5.32 Å². The van der Waals surface area contributed by atoms with Gasteiger partial charge >= 0.3 is 5.97 Å². The average molecular weight is 277 g/mol. The zero-order valence-corrected chi connectivity index (χ0v) is 11.3. The van der Waals surface area contributed by atoms with E-state index in [9.17, 15) is 9.18 Å². The summed E-state index contributed by atoms with van der Waals surface area (Å²) < 4.78 is 18.2. The second-order valence-electron chi connectivity index (χ2n) is 4.64. The number of aromatic carboxylic acids is 1. The molecule has 1 aromatic heterocycles. The maximum atomic E-state index is 12.8. The Morgan fingerprint density at radius 3 is 2.60 bits per heavy atom. The van der Waals surface area contributed by atoms with Crippen molar-refractivity contribution < 1.29 is 18.7 Å². The standard InChI is InChI=1S/C15H16FNO3/c1-9(11-3-5-12(16)6-4-11)17-8-13-7-14(15(18)19)10(2)20-13/h3-7,9,17H,8H2,1-2H3,(H,18,19)/t9-/m1/s1. The topological polar surface area (TPSA) is 62.5 Å². The van der Waals surface area contributed by atoms with Gasteiger partial charge in [0.05, 0.1) is 6.54 Å². The van der Waals surface area contributed by atoms with Gasteiger partial charge in [-0.3, -0.25) is 0 Å². The third kappa shape index (κ3) is 3.24. The zero-order valence-electron chi connectivity index (χ0n) is 11.3. The Morgan fingerprint density at radius 1 is 1.40 bits per heavy atom. The highest BCUT2D eigenvalue weighted by Gasteiger charge is 2.14. The summed E-state index contributed by atoms with van der Waals surface area (Å²) in [6.07, 6.45) is 0. The maximum Gasteiger partial charge on any atom is 0.339 e. The summed E-state index contributed by atoms with van der Waals surface area (Å²) in [5.74, 6) is -0.310. The maximum absolute atomic E-state index is 12.8. The number of rotatable bonds is 5. The molecule has 2 rings (SSSR count). The first kappa shape index (κ1) is 14.3. The van der Waals surface area contributed by atoms with Gasteiger partial charge in [-0.25, -0.2) is 9.18 Å². The van der Waals surface area contributed by atoms with Crippen molar-refractivity contribution in [1.29, 1.82) is 0 Å². The van der Waals surface area contributed by atoms with Crippen LogP contribution in [0.25, 0.3) is 0 Å². The molecule has 2 N–H and O–H groups in total. The molecule has 0 aliphatic carbocycles. The lowest BCUT2D eigenvalue weighted by molar-refractivity contribution is 0.0695. The van der Waals surface area contributed by atoms with E-state index >= 15 is 0 Å². The van der Waals surface area contributed by atoms with Crippen LogP contribution in [0, 0.1) is 12.7 Å². The molecule has 0 saturated carbocycles. The van der Waals surface area contributed by atoms with Crippen molar-refractivity contribution in [3.05, 3.63) is 58.8 Å². The highest BCUT2D eigenvalue weighted by Crippen LogP contribution is 2.17. The highest BCUT2D eigenvalue weighted by molar-refractivity contribution is 5.88. The lowest BCUT2D eigenvalue weighted by Gasteiger charge is -2.13. The van der Waals surface area contributed by atoms with Crippen LogP contribution >= 0.6 is 0 Å². The minimum Gasteiger partial charge on any atom is -0.478 e. The molecule has 0 amide bonds. The van der Waals surface area contributed by atoms with E-state index in [0.717, 1.165) is 5.56 Å². The zero-order chi connectivity index (χ0) is 14.7.